The molecule has 0 aromatic carbocycles. The van der Waals surface area contributed by atoms with Gasteiger partial charge in [-0.05, 0) is 37.4 Å². The molecule has 106 valence electrons. The molecule has 3 nitrogen and oxygen atoms in total. The first-order chi connectivity index (χ1) is 9.33. The maximum Gasteiger partial charge on any atom is 0.137 e. The molecule has 1 aliphatic rings. The third kappa shape index (κ3) is 4.20. The van der Waals surface area contributed by atoms with E-state index in [4.69, 9.17) is 4.74 Å². The molecule has 0 radical (unpaired) electrons. The minimum absolute atomic E-state index is 0.403. The first kappa shape index (κ1) is 14.3. The monoisotopic (exact) mass is 262 g/mol. The SMILES string of the molecule is CCCOc1cncc(C(CC2CCCC2)NC)c1. The van der Waals surface area contributed by atoms with Crippen molar-refractivity contribution in [2.75, 3.05) is 13.7 Å². The molecule has 1 aromatic rings. The van der Waals surface area contributed by atoms with Crippen LogP contribution in [0, 0.1) is 5.92 Å². The summed E-state index contributed by atoms with van der Waals surface area (Å²) in [6.45, 7) is 2.88. The molecule has 0 aliphatic heterocycles. The summed E-state index contributed by atoms with van der Waals surface area (Å²) in [5.41, 5.74) is 1.25. The number of ether oxygens (including phenoxy) is 1. The van der Waals surface area contributed by atoms with Gasteiger partial charge in [0.2, 0.25) is 0 Å². The van der Waals surface area contributed by atoms with Crippen LogP contribution >= 0.6 is 0 Å². The highest BCUT2D eigenvalue weighted by Crippen LogP contribution is 2.33. The molecule has 1 unspecified atom stereocenters. The van der Waals surface area contributed by atoms with E-state index in [1.807, 2.05) is 13.2 Å². The van der Waals surface area contributed by atoms with Crippen molar-refractivity contribution in [3.05, 3.63) is 24.0 Å². The number of hydrogen-bond donors (Lipinski definition) is 1. The molecule has 0 amide bonds. The van der Waals surface area contributed by atoms with Gasteiger partial charge in [-0.3, -0.25) is 4.98 Å². The number of pyridine rings is 1. The number of hydrogen-bond acceptors (Lipinski definition) is 3. The number of aromatic nitrogens is 1. The van der Waals surface area contributed by atoms with E-state index in [1.54, 1.807) is 6.20 Å². The molecule has 19 heavy (non-hydrogen) atoms. The van der Waals surface area contributed by atoms with E-state index in [0.29, 0.717) is 6.04 Å². The van der Waals surface area contributed by atoms with Gasteiger partial charge < -0.3 is 10.1 Å². The van der Waals surface area contributed by atoms with E-state index in [2.05, 4.69) is 23.3 Å². The second kappa shape index (κ2) is 7.49. The molecule has 1 N–H and O–H groups in total. The van der Waals surface area contributed by atoms with Crippen molar-refractivity contribution in [2.45, 2.75) is 51.5 Å². The molecule has 2 rings (SSSR count). The van der Waals surface area contributed by atoms with Gasteiger partial charge in [-0.2, -0.15) is 0 Å². The lowest BCUT2D eigenvalue weighted by atomic mass is 9.94. The molecular weight excluding hydrogens is 236 g/mol. The minimum atomic E-state index is 0.403. The van der Waals surface area contributed by atoms with Gasteiger partial charge in [-0.15, -0.1) is 0 Å². The summed E-state index contributed by atoms with van der Waals surface area (Å²) >= 11 is 0. The third-order valence-electron chi connectivity index (χ3n) is 4.00. The van der Waals surface area contributed by atoms with Crippen molar-refractivity contribution in [3.8, 4) is 5.75 Å². The van der Waals surface area contributed by atoms with Gasteiger partial charge in [0.05, 0.1) is 12.8 Å². The Bertz CT molecular complexity index is 375. The average molecular weight is 262 g/mol. The zero-order valence-corrected chi connectivity index (χ0v) is 12.2. The Morgan fingerprint density at radius 3 is 2.84 bits per heavy atom. The first-order valence-electron chi connectivity index (χ1n) is 7.58. The summed E-state index contributed by atoms with van der Waals surface area (Å²) in [6, 6.07) is 2.54. The lowest BCUT2D eigenvalue weighted by Gasteiger charge is -2.20. The summed E-state index contributed by atoms with van der Waals surface area (Å²) in [5, 5.41) is 3.43. The van der Waals surface area contributed by atoms with Crippen molar-refractivity contribution >= 4 is 0 Å². The quantitative estimate of drug-likeness (QED) is 0.813. The van der Waals surface area contributed by atoms with Crippen LogP contribution in [-0.2, 0) is 0 Å². The van der Waals surface area contributed by atoms with E-state index in [1.165, 1.54) is 37.7 Å². The van der Waals surface area contributed by atoms with Crippen molar-refractivity contribution in [3.63, 3.8) is 0 Å². The fourth-order valence-electron chi connectivity index (χ4n) is 2.93. The maximum absolute atomic E-state index is 5.67. The Balaban J connectivity index is 2.00. The van der Waals surface area contributed by atoms with Crippen LogP contribution in [-0.4, -0.2) is 18.6 Å². The zero-order valence-electron chi connectivity index (χ0n) is 12.2. The minimum Gasteiger partial charge on any atom is -0.492 e. The fourth-order valence-corrected chi connectivity index (χ4v) is 2.93. The third-order valence-corrected chi connectivity index (χ3v) is 4.00. The average Bonchev–Trinajstić information content (AvgIpc) is 2.96. The second-order valence-electron chi connectivity index (χ2n) is 5.53. The Morgan fingerprint density at radius 2 is 2.16 bits per heavy atom. The first-order valence-corrected chi connectivity index (χ1v) is 7.58. The van der Waals surface area contributed by atoms with Crippen LogP contribution in [0.25, 0.3) is 0 Å². The van der Waals surface area contributed by atoms with E-state index >= 15 is 0 Å². The van der Waals surface area contributed by atoms with Crippen LogP contribution < -0.4 is 10.1 Å². The molecule has 1 fully saturated rings. The highest BCUT2D eigenvalue weighted by atomic mass is 16.5. The highest BCUT2D eigenvalue weighted by Gasteiger charge is 2.20. The molecule has 1 aliphatic carbocycles. The van der Waals surface area contributed by atoms with Crippen LogP contribution in [0.5, 0.6) is 5.75 Å². The molecule has 3 heteroatoms. The maximum atomic E-state index is 5.67. The molecule has 1 saturated carbocycles. The van der Waals surface area contributed by atoms with Crippen LogP contribution in [0.3, 0.4) is 0 Å². The predicted octanol–water partition coefficient (Wildman–Crippen LogP) is 3.71. The van der Waals surface area contributed by atoms with Crippen LogP contribution in [0.2, 0.25) is 0 Å². The van der Waals surface area contributed by atoms with E-state index in [9.17, 15) is 0 Å². The smallest absolute Gasteiger partial charge is 0.137 e. The van der Waals surface area contributed by atoms with E-state index in [0.717, 1.165) is 24.7 Å². The van der Waals surface area contributed by atoms with Gasteiger partial charge in [-0.1, -0.05) is 32.6 Å². The zero-order chi connectivity index (χ0) is 13.5. The van der Waals surface area contributed by atoms with Gasteiger partial charge in [0.15, 0.2) is 0 Å². The summed E-state index contributed by atoms with van der Waals surface area (Å²) in [6.07, 6.45) is 11.6. The van der Waals surface area contributed by atoms with Crippen molar-refractivity contribution < 1.29 is 4.74 Å². The van der Waals surface area contributed by atoms with Gasteiger partial charge in [0, 0.05) is 12.2 Å². The molecule has 0 spiro atoms. The van der Waals surface area contributed by atoms with Crippen LogP contribution in [0.1, 0.15) is 57.1 Å². The lowest BCUT2D eigenvalue weighted by Crippen LogP contribution is -2.19. The second-order valence-corrected chi connectivity index (χ2v) is 5.53. The Labute approximate surface area is 116 Å². The van der Waals surface area contributed by atoms with Crippen LogP contribution in [0.15, 0.2) is 18.5 Å². The number of nitrogens with zero attached hydrogens (tertiary/aromatic N) is 1. The standard InChI is InChI=1S/C16H26N2O/c1-3-8-19-15-10-14(11-18-12-15)16(17-2)9-13-6-4-5-7-13/h10-13,16-17H,3-9H2,1-2H3. The van der Waals surface area contributed by atoms with Gasteiger partial charge >= 0.3 is 0 Å². The van der Waals surface area contributed by atoms with Crippen molar-refractivity contribution in [1.82, 2.24) is 10.3 Å². The van der Waals surface area contributed by atoms with Crippen LogP contribution in [0.4, 0.5) is 0 Å². The summed E-state index contributed by atoms with van der Waals surface area (Å²) in [5.74, 6) is 1.77. The summed E-state index contributed by atoms with van der Waals surface area (Å²) in [4.78, 5) is 4.32. The molecule has 1 atom stereocenters. The normalized spacial score (nSPS) is 17.6. The fraction of sp³-hybridized carbons (Fsp3) is 0.688. The predicted molar refractivity (Wildman–Crippen MR) is 78.4 cm³/mol. The Hall–Kier alpha value is -1.09. The van der Waals surface area contributed by atoms with Gasteiger partial charge in [-0.25, -0.2) is 0 Å². The topological polar surface area (TPSA) is 34.1 Å². The summed E-state index contributed by atoms with van der Waals surface area (Å²) in [7, 11) is 2.04. The Morgan fingerprint density at radius 1 is 1.37 bits per heavy atom. The molecule has 0 saturated heterocycles. The largest absolute Gasteiger partial charge is 0.492 e. The van der Waals surface area contributed by atoms with E-state index < -0.39 is 0 Å². The Kier molecular flexibility index (Phi) is 5.64. The van der Waals surface area contributed by atoms with Crippen molar-refractivity contribution in [1.29, 1.82) is 0 Å². The van der Waals surface area contributed by atoms with Gasteiger partial charge in [0.1, 0.15) is 5.75 Å². The number of rotatable bonds is 7. The summed E-state index contributed by atoms with van der Waals surface area (Å²) < 4.78 is 5.67. The molecular formula is C16H26N2O. The molecule has 1 heterocycles. The molecule has 0 bridgehead atoms. The van der Waals surface area contributed by atoms with Crippen molar-refractivity contribution in [2.24, 2.45) is 5.92 Å². The van der Waals surface area contributed by atoms with E-state index in [-0.39, 0.29) is 0 Å². The number of nitrogens with one attached hydrogen (secondary N) is 1. The highest BCUT2D eigenvalue weighted by molar-refractivity contribution is 5.26. The van der Waals surface area contributed by atoms with Gasteiger partial charge in [0.25, 0.3) is 0 Å². The molecule has 1 aromatic heterocycles. The lowest BCUT2D eigenvalue weighted by molar-refractivity contribution is 0.315.